The van der Waals surface area contributed by atoms with Gasteiger partial charge in [-0.3, -0.25) is 4.79 Å². The summed E-state index contributed by atoms with van der Waals surface area (Å²) in [5.74, 6) is 0.527. The number of benzene rings is 2. The highest BCUT2D eigenvalue weighted by Crippen LogP contribution is 2.28. The quantitative estimate of drug-likeness (QED) is 0.588. The van der Waals surface area contributed by atoms with Crippen molar-refractivity contribution in [3.8, 4) is 0 Å². The molecule has 0 aliphatic carbocycles. The summed E-state index contributed by atoms with van der Waals surface area (Å²) < 4.78 is 28.3. The molecule has 1 amide bonds. The smallest absolute Gasteiger partial charge is 0.241 e. The highest BCUT2D eigenvalue weighted by atomic mass is 32.2. The SMILES string of the molecule is CSCCC(NS(=O)(=O)c1ccccc1)C(=O)N1CCc2[nH]c3ccccc3c2C1. The average Bonchev–Trinajstić information content (AvgIpc) is 3.14. The normalized spacial score (nSPS) is 15.2. The summed E-state index contributed by atoms with van der Waals surface area (Å²) in [5.41, 5.74) is 3.35. The number of nitrogens with zero attached hydrogens (tertiary/aromatic N) is 1. The average molecular weight is 444 g/mol. The fraction of sp³-hybridized carbons (Fsp3) is 0.318. The Morgan fingerprint density at radius 3 is 2.67 bits per heavy atom. The molecule has 158 valence electrons. The van der Waals surface area contributed by atoms with E-state index in [0.29, 0.717) is 25.3 Å². The summed E-state index contributed by atoms with van der Waals surface area (Å²) in [7, 11) is -3.77. The van der Waals surface area contributed by atoms with Gasteiger partial charge in [0.2, 0.25) is 15.9 Å². The molecule has 2 heterocycles. The molecule has 30 heavy (non-hydrogen) atoms. The van der Waals surface area contributed by atoms with Crippen LogP contribution in [0.3, 0.4) is 0 Å². The van der Waals surface area contributed by atoms with Crippen LogP contribution in [0.1, 0.15) is 17.7 Å². The molecule has 2 aromatic carbocycles. The van der Waals surface area contributed by atoms with Gasteiger partial charge in [-0.2, -0.15) is 16.5 Å². The number of carbonyl (C=O) groups excluding carboxylic acids is 1. The summed E-state index contributed by atoms with van der Waals surface area (Å²) in [6, 6.07) is 15.5. The number of nitrogens with one attached hydrogen (secondary N) is 2. The van der Waals surface area contributed by atoms with Crippen LogP contribution in [0.5, 0.6) is 0 Å². The van der Waals surface area contributed by atoms with Crippen molar-refractivity contribution in [2.45, 2.75) is 30.3 Å². The zero-order valence-corrected chi connectivity index (χ0v) is 18.4. The van der Waals surface area contributed by atoms with Crippen LogP contribution in [0.4, 0.5) is 0 Å². The Morgan fingerprint density at radius 2 is 1.90 bits per heavy atom. The second kappa shape index (κ2) is 8.83. The van der Waals surface area contributed by atoms with E-state index in [1.807, 2.05) is 24.5 Å². The van der Waals surface area contributed by atoms with Gasteiger partial charge in [-0.05, 0) is 36.6 Å². The molecule has 1 unspecified atom stereocenters. The zero-order valence-electron chi connectivity index (χ0n) is 16.8. The molecule has 0 spiro atoms. The van der Waals surface area contributed by atoms with E-state index in [0.717, 1.165) is 28.6 Å². The van der Waals surface area contributed by atoms with Gasteiger partial charge >= 0.3 is 0 Å². The van der Waals surface area contributed by atoms with E-state index in [1.54, 1.807) is 34.9 Å². The number of aromatic nitrogens is 1. The molecule has 0 bridgehead atoms. The Bertz CT molecular complexity index is 1140. The van der Waals surface area contributed by atoms with Crippen LogP contribution in [-0.2, 0) is 27.8 Å². The van der Waals surface area contributed by atoms with Gasteiger partial charge in [0.1, 0.15) is 6.04 Å². The molecule has 0 fully saturated rings. The van der Waals surface area contributed by atoms with E-state index < -0.39 is 16.1 Å². The number of rotatable bonds is 7. The maximum absolute atomic E-state index is 13.4. The van der Waals surface area contributed by atoms with Crippen LogP contribution in [0, 0.1) is 0 Å². The molecule has 1 aromatic heterocycles. The first-order valence-corrected chi connectivity index (χ1v) is 12.8. The van der Waals surface area contributed by atoms with Crippen molar-refractivity contribution in [3.63, 3.8) is 0 Å². The van der Waals surface area contributed by atoms with Gasteiger partial charge in [0, 0.05) is 41.7 Å². The Labute approximate surface area is 181 Å². The molecule has 1 atom stereocenters. The second-order valence-electron chi connectivity index (χ2n) is 7.41. The van der Waals surface area contributed by atoms with Crippen molar-refractivity contribution in [1.29, 1.82) is 0 Å². The topological polar surface area (TPSA) is 82.3 Å². The number of sulfonamides is 1. The summed E-state index contributed by atoms with van der Waals surface area (Å²) in [4.78, 5) is 18.8. The first kappa shape index (κ1) is 21.0. The molecule has 6 nitrogen and oxygen atoms in total. The molecule has 3 aromatic rings. The summed E-state index contributed by atoms with van der Waals surface area (Å²) >= 11 is 1.60. The zero-order chi connectivity index (χ0) is 21.1. The minimum Gasteiger partial charge on any atom is -0.358 e. The fourth-order valence-corrected chi connectivity index (χ4v) is 5.61. The monoisotopic (exact) mass is 443 g/mol. The maximum atomic E-state index is 13.4. The van der Waals surface area contributed by atoms with Crippen LogP contribution >= 0.6 is 11.8 Å². The second-order valence-corrected chi connectivity index (χ2v) is 10.1. The van der Waals surface area contributed by atoms with E-state index in [9.17, 15) is 13.2 Å². The van der Waals surface area contributed by atoms with Gasteiger partial charge in [0.25, 0.3) is 0 Å². The van der Waals surface area contributed by atoms with Gasteiger partial charge < -0.3 is 9.88 Å². The molecular weight excluding hydrogens is 418 g/mol. The summed E-state index contributed by atoms with van der Waals surface area (Å²) in [5, 5.41) is 1.12. The standard InChI is InChI=1S/C22H25N3O3S2/c1-29-14-12-21(24-30(27,28)16-7-3-2-4-8-16)22(26)25-13-11-20-18(15-25)17-9-5-6-10-19(17)23-20/h2-10,21,23-24H,11-15H2,1H3. The summed E-state index contributed by atoms with van der Waals surface area (Å²) in [6.07, 6.45) is 3.13. The summed E-state index contributed by atoms with van der Waals surface area (Å²) in [6.45, 7) is 1.06. The van der Waals surface area contributed by atoms with E-state index in [1.165, 1.54) is 12.1 Å². The number of thioether (sulfide) groups is 1. The van der Waals surface area contributed by atoms with Gasteiger partial charge in [-0.15, -0.1) is 0 Å². The first-order chi connectivity index (χ1) is 14.5. The molecule has 4 rings (SSSR count). The number of fused-ring (bicyclic) bond motifs is 3. The lowest BCUT2D eigenvalue weighted by molar-refractivity contribution is -0.134. The lowest BCUT2D eigenvalue weighted by Crippen LogP contribution is -2.50. The van der Waals surface area contributed by atoms with Crippen LogP contribution in [0.15, 0.2) is 59.5 Å². The van der Waals surface area contributed by atoms with E-state index in [2.05, 4.69) is 15.8 Å². The molecule has 1 aliphatic rings. The number of H-pyrrole nitrogens is 1. The van der Waals surface area contributed by atoms with Crippen molar-refractivity contribution in [1.82, 2.24) is 14.6 Å². The van der Waals surface area contributed by atoms with Gasteiger partial charge in [0.05, 0.1) is 4.90 Å². The third-order valence-electron chi connectivity index (χ3n) is 5.45. The number of aromatic amines is 1. The minimum atomic E-state index is -3.77. The van der Waals surface area contributed by atoms with Crippen molar-refractivity contribution < 1.29 is 13.2 Å². The molecule has 1 aliphatic heterocycles. The van der Waals surface area contributed by atoms with Crippen LogP contribution < -0.4 is 4.72 Å². The minimum absolute atomic E-state index is 0.167. The van der Waals surface area contributed by atoms with Crippen LogP contribution in [0.25, 0.3) is 10.9 Å². The molecule has 2 N–H and O–H groups in total. The predicted octanol–water partition coefficient (Wildman–Crippen LogP) is 3.15. The molecular formula is C22H25N3O3S2. The predicted molar refractivity (Wildman–Crippen MR) is 121 cm³/mol. The molecule has 0 saturated heterocycles. The van der Waals surface area contributed by atoms with E-state index in [-0.39, 0.29) is 10.8 Å². The van der Waals surface area contributed by atoms with Gasteiger partial charge in [-0.1, -0.05) is 36.4 Å². The third kappa shape index (κ3) is 4.26. The van der Waals surface area contributed by atoms with Gasteiger partial charge in [0.15, 0.2) is 0 Å². The van der Waals surface area contributed by atoms with Crippen LogP contribution in [0.2, 0.25) is 0 Å². The van der Waals surface area contributed by atoms with Crippen LogP contribution in [-0.4, -0.2) is 48.8 Å². The highest BCUT2D eigenvalue weighted by Gasteiger charge is 2.31. The Hall–Kier alpha value is -2.29. The third-order valence-corrected chi connectivity index (χ3v) is 7.59. The van der Waals surface area contributed by atoms with Crippen molar-refractivity contribution >= 4 is 38.6 Å². The molecule has 0 radical (unpaired) electrons. The number of hydrogen-bond donors (Lipinski definition) is 2. The number of hydrogen-bond acceptors (Lipinski definition) is 4. The van der Waals surface area contributed by atoms with Crippen molar-refractivity contribution in [2.24, 2.45) is 0 Å². The lowest BCUT2D eigenvalue weighted by atomic mass is 10.0. The fourth-order valence-electron chi connectivity index (χ4n) is 3.90. The number of para-hydroxylation sites is 1. The van der Waals surface area contributed by atoms with Crippen molar-refractivity contribution in [3.05, 3.63) is 65.9 Å². The molecule has 8 heteroatoms. The number of amides is 1. The Kier molecular flexibility index (Phi) is 6.17. The lowest BCUT2D eigenvalue weighted by Gasteiger charge is -2.31. The first-order valence-electron chi connectivity index (χ1n) is 9.93. The Morgan fingerprint density at radius 1 is 1.17 bits per heavy atom. The van der Waals surface area contributed by atoms with Gasteiger partial charge in [-0.25, -0.2) is 8.42 Å². The molecule has 0 saturated carbocycles. The largest absolute Gasteiger partial charge is 0.358 e. The highest BCUT2D eigenvalue weighted by molar-refractivity contribution is 7.98. The number of carbonyl (C=O) groups is 1. The Balaban J connectivity index is 1.56. The van der Waals surface area contributed by atoms with E-state index in [4.69, 9.17) is 0 Å². The maximum Gasteiger partial charge on any atom is 0.241 e. The van der Waals surface area contributed by atoms with Crippen molar-refractivity contribution in [2.75, 3.05) is 18.6 Å². The van der Waals surface area contributed by atoms with E-state index >= 15 is 0 Å².